The molecule has 154 valence electrons. The number of halogens is 3. The first-order valence-corrected chi connectivity index (χ1v) is 9.72. The average Bonchev–Trinajstić information content (AvgIpc) is 2.72. The Bertz CT molecular complexity index is 1060. The van der Waals surface area contributed by atoms with E-state index in [-0.39, 0.29) is 6.03 Å². The Morgan fingerprint density at radius 2 is 1.73 bits per heavy atom. The smallest absolute Gasteiger partial charge is 0.313 e. The van der Waals surface area contributed by atoms with Crippen LogP contribution in [0.3, 0.4) is 0 Å². The van der Waals surface area contributed by atoms with Gasteiger partial charge in [0.05, 0.1) is 11.6 Å². The summed E-state index contributed by atoms with van der Waals surface area (Å²) in [5, 5.41) is 2.93. The molecule has 0 radical (unpaired) electrons. The standard InChI is InChI=1S/C24H21F3N2O/c1-16-5-4-7-20(15-16)28-23(30)29-14-13-17-6-2-3-8-21(17)22(29)18-9-11-19(12-10-18)24(25,26)27/h2-12,15,22H,13-14H2,1H3,(H,28,30)/t22-/m1/s1. The maximum absolute atomic E-state index is 13.1. The van der Waals surface area contributed by atoms with Crippen LogP contribution in [-0.4, -0.2) is 17.5 Å². The lowest BCUT2D eigenvalue weighted by atomic mass is 9.88. The van der Waals surface area contributed by atoms with Crippen molar-refractivity contribution in [3.63, 3.8) is 0 Å². The number of nitrogens with one attached hydrogen (secondary N) is 1. The molecule has 0 bridgehead atoms. The Hall–Kier alpha value is -3.28. The quantitative estimate of drug-likeness (QED) is 0.537. The van der Waals surface area contributed by atoms with Gasteiger partial charge in [0.15, 0.2) is 0 Å². The Kier molecular flexibility index (Phi) is 5.24. The zero-order valence-corrected chi connectivity index (χ0v) is 16.4. The number of urea groups is 1. The summed E-state index contributed by atoms with van der Waals surface area (Å²) >= 11 is 0. The number of hydrogen-bond acceptors (Lipinski definition) is 1. The molecule has 3 aromatic rings. The second kappa shape index (κ2) is 7.86. The molecule has 1 aliphatic heterocycles. The van der Waals surface area contributed by atoms with E-state index < -0.39 is 17.8 Å². The zero-order valence-electron chi connectivity index (χ0n) is 16.4. The Balaban J connectivity index is 1.70. The number of aryl methyl sites for hydroxylation is 1. The molecule has 0 unspecified atom stereocenters. The van der Waals surface area contributed by atoms with E-state index in [0.717, 1.165) is 28.8 Å². The van der Waals surface area contributed by atoms with Crippen molar-refractivity contribution in [1.29, 1.82) is 0 Å². The van der Waals surface area contributed by atoms with Crippen molar-refractivity contribution in [3.05, 3.63) is 101 Å². The number of fused-ring (bicyclic) bond motifs is 1. The van der Waals surface area contributed by atoms with E-state index >= 15 is 0 Å². The van der Waals surface area contributed by atoms with Crippen molar-refractivity contribution in [3.8, 4) is 0 Å². The third kappa shape index (κ3) is 4.03. The van der Waals surface area contributed by atoms with Crippen LogP contribution in [0, 0.1) is 6.92 Å². The van der Waals surface area contributed by atoms with Crippen LogP contribution in [-0.2, 0) is 12.6 Å². The number of carbonyl (C=O) groups is 1. The highest BCUT2D eigenvalue weighted by Crippen LogP contribution is 2.37. The molecule has 1 heterocycles. The summed E-state index contributed by atoms with van der Waals surface area (Å²) in [6.07, 6.45) is -3.71. The van der Waals surface area contributed by atoms with Gasteiger partial charge in [-0.2, -0.15) is 13.2 Å². The van der Waals surface area contributed by atoms with Gasteiger partial charge in [0.2, 0.25) is 0 Å². The molecule has 0 aliphatic carbocycles. The molecule has 3 nitrogen and oxygen atoms in total. The molecule has 1 atom stereocenters. The monoisotopic (exact) mass is 410 g/mol. The van der Waals surface area contributed by atoms with E-state index in [1.807, 2.05) is 55.5 Å². The van der Waals surface area contributed by atoms with Gasteiger partial charge in [-0.1, -0.05) is 48.5 Å². The molecule has 0 fully saturated rings. The molecule has 2 amide bonds. The molecule has 1 N–H and O–H groups in total. The minimum Gasteiger partial charge on any atom is -0.313 e. The maximum Gasteiger partial charge on any atom is 0.416 e. The number of nitrogens with zero attached hydrogens (tertiary/aromatic N) is 1. The molecule has 6 heteroatoms. The third-order valence-electron chi connectivity index (χ3n) is 5.37. The molecule has 0 spiro atoms. The number of alkyl halides is 3. The summed E-state index contributed by atoms with van der Waals surface area (Å²) in [5.74, 6) is 0. The van der Waals surface area contributed by atoms with Gasteiger partial charge in [-0.3, -0.25) is 0 Å². The Morgan fingerprint density at radius 3 is 2.43 bits per heavy atom. The van der Waals surface area contributed by atoms with Gasteiger partial charge >= 0.3 is 12.2 Å². The number of anilines is 1. The van der Waals surface area contributed by atoms with Gasteiger partial charge in [0.1, 0.15) is 0 Å². The summed E-state index contributed by atoms with van der Waals surface area (Å²) < 4.78 is 39.0. The van der Waals surface area contributed by atoms with Crippen LogP contribution < -0.4 is 5.32 Å². The van der Waals surface area contributed by atoms with E-state index in [0.29, 0.717) is 24.2 Å². The summed E-state index contributed by atoms with van der Waals surface area (Å²) in [6.45, 7) is 2.41. The predicted octanol–water partition coefficient (Wildman–Crippen LogP) is 6.19. The lowest BCUT2D eigenvalue weighted by Gasteiger charge is -2.37. The Labute approximate surface area is 173 Å². The second-order valence-corrected chi connectivity index (χ2v) is 7.46. The Morgan fingerprint density at radius 1 is 1.00 bits per heavy atom. The van der Waals surface area contributed by atoms with Crippen molar-refractivity contribution in [2.45, 2.75) is 25.6 Å². The van der Waals surface area contributed by atoms with Gasteiger partial charge < -0.3 is 10.2 Å². The third-order valence-corrected chi connectivity index (χ3v) is 5.37. The molecule has 0 aromatic heterocycles. The normalized spacial score (nSPS) is 16.1. The van der Waals surface area contributed by atoms with Gasteiger partial charge in [0, 0.05) is 12.2 Å². The highest BCUT2D eigenvalue weighted by atomic mass is 19.4. The lowest BCUT2D eigenvalue weighted by Crippen LogP contribution is -2.43. The molecular formula is C24H21F3N2O. The number of carbonyl (C=O) groups excluding carboxylic acids is 1. The lowest BCUT2D eigenvalue weighted by molar-refractivity contribution is -0.137. The number of hydrogen-bond donors (Lipinski definition) is 1. The second-order valence-electron chi connectivity index (χ2n) is 7.46. The first-order valence-electron chi connectivity index (χ1n) is 9.72. The largest absolute Gasteiger partial charge is 0.416 e. The topological polar surface area (TPSA) is 32.3 Å². The summed E-state index contributed by atoms with van der Waals surface area (Å²) in [4.78, 5) is 14.8. The minimum atomic E-state index is -4.40. The van der Waals surface area contributed by atoms with Crippen molar-refractivity contribution in [2.75, 3.05) is 11.9 Å². The summed E-state index contributed by atoms with van der Waals surface area (Å²) in [5.41, 5.74) is 3.69. The zero-order chi connectivity index (χ0) is 21.3. The van der Waals surface area contributed by atoms with Gasteiger partial charge in [-0.05, 0) is 59.9 Å². The highest BCUT2D eigenvalue weighted by Gasteiger charge is 2.34. The summed E-state index contributed by atoms with van der Waals surface area (Å²) in [6, 6.07) is 19.6. The highest BCUT2D eigenvalue weighted by molar-refractivity contribution is 5.90. The van der Waals surface area contributed by atoms with E-state index in [4.69, 9.17) is 0 Å². The molecule has 0 saturated heterocycles. The van der Waals surface area contributed by atoms with Gasteiger partial charge in [-0.25, -0.2) is 4.79 Å². The fourth-order valence-electron chi connectivity index (χ4n) is 3.92. The van der Waals surface area contributed by atoms with Crippen molar-refractivity contribution in [1.82, 2.24) is 4.90 Å². The van der Waals surface area contributed by atoms with Crippen molar-refractivity contribution < 1.29 is 18.0 Å². The van der Waals surface area contributed by atoms with Crippen LogP contribution in [0.4, 0.5) is 23.7 Å². The number of benzene rings is 3. The van der Waals surface area contributed by atoms with E-state index in [2.05, 4.69) is 5.32 Å². The summed E-state index contributed by atoms with van der Waals surface area (Å²) in [7, 11) is 0. The van der Waals surface area contributed by atoms with Gasteiger partial charge in [-0.15, -0.1) is 0 Å². The average molecular weight is 410 g/mol. The fourth-order valence-corrected chi connectivity index (χ4v) is 3.92. The van der Waals surface area contributed by atoms with Crippen LogP contribution in [0.15, 0.2) is 72.8 Å². The van der Waals surface area contributed by atoms with Crippen molar-refractivity contribution >= 4 is 11.7 Å². The predicted molar refractivity (Wildman–Crippen MR) is 110 cm³/mol. The molecule has 0 saturated carbocycles. The first kappa shape index (κ1) is 20.0. The maximum atomic E-state index is 13.1. The van der Waals surface area contributed by atoms with E-state index in [1.54, 1.807) is 4.90 Å². The fraction of sp³-hybridized carbons (Fsp3) is 0.208. The van der Waals surface area contributed by atoms with Crippen LogP contribution >= 0.6 is 0 Å². The SMILES string of the molecule is Cc1cccc(NC(=O)N2CCc3ccccc3[C@H]2c2ccc(C(F)(F)F)cc2)c1. The van der Waals surface area contributed by atoms with Crippen LogP contribution in [0.1, 0.15) is 33.9 Å². The van der Waals surface area contributed by atoms with Crippen molar-refractivity contribution in [2.24, 2.45) is 0 Å². The van der Waals surface area contributed by atoms with Crippen LogP contribution in [0.5, 0.6) is 0 Å². The minimum absolute atomic E-state index is 0.278. The van der Waals surface area contributed by atoms with Crippen LogP contribution in [0.25, 0.3) is 0 Å². The number of amides is 2. The molecule has 30 heavy (non-hydrogen) atoms. The molecule has 1 aliphatic rings. The number of rotatable bonds is 2. The molecular weight excluding hydrogens is 389 g/mol. The van der Waals surface area contributed by atoms with E-state index in [1.165, 1.54) is 12.1 Å². The van der Waals surface area contributed by atoms with Crippen LogP contribution in [0.2, 0.25) is 0 Å². The van der Waals surface area contributed by atoms with E-state index in [9.17, 15) is 18.0 Å². The molecule has 4 rings (SSSR count). The first-order chi connectivity index (χ1) is 14.3. The molecule has 3 aromatic carbocycles. The van der Waals surface area contributed by atoms with Gasteiger partial charge in [0.25, 0.3) is 0 Å².